The minimum atomic E-state index is -0.169. The second-order valence-electron chi connectivity index (χ2n) is 4.68. The summed E-state index contributed by atoms with van der Waals surface area (Å²) in [5.74, 6) is 0.668. The van der Waals surface area contributed by atoms with Crippen LogP contribution >= 0.6 is 11.6 Å². The second-order valence-corrected chi connectivity index (χ2v) is 5.12. The standard InChI is InChI=1S/C17H16ClNO/c1-13-2-8-17(9-3-13)20-11-10-15(12-19)14-4-6-16(18)7-5-14/h2-9,15H,10-11H2,1H3. The lowest BCUT2D eigenvalue weighted by Gasteiger charge is -2.11. The van der Waals surface area contributed by atoms with Crippen molar-refractivity contribution in [3.05, 3.63) is 64.7 Å². The number of hydrogen-bond donors (Lipinski definition) is 0. The Morgan fingerprint density at radius 3 is 2.35 bits per heavy atom. The number of halogens is 1. The van der Waals surface area contributed by atoms with E-state index in [1.807, 2.05) is 55.5 Å². The third-order valence-electron chi connectivity index (χ3n) is 3.12. The highest BCUT2D eigenvalue weighted by atomic mass is 35.5. The number of rotatable bonds is 5. The minimum Gasteiger partial charge on any atom is -0.494 e. The second kappa shape index (κ2) is 6.98. The Kier molecular flexibility index (Phi) is 5.03. The Bertz CT molecular complexity index is 584. The highest BCUT2D eigenvalue weighted by molar-refractivity contribution is 6.30. The summed E-state index contributed by atoms with van der Waals surface area (Å²) in [6.45, 7) is 2.56. The maximum absolute atomic E-state index is 9.24. The van der Waals surface area contributed by atoms with Gasteiger partial charge in [-0.15, -0.1) is 0 Å². The molecule has 0 aromatic heterocycles. The fourth-order valence-corrected chi connectivity index (χ4v) is 2.06. The van der Waals surface area contributed by atoms with Crippen molar-refractivity contribution in [2.45, 2.75) is 19.3 Å². The first-order chi connectivity index (χ1) is 9.69. The molecule has 0 saturated carbocycles. The van der Waals surface area contributed by atoms with Gasteiger partial charge in [0.25, 0.3) is 0 Å². The van der Waals surface area contributed by atoms with Crippen LogP contribution in [-0.4, -0.2) is 6.61 Å². The molecule has 2 aromatic rings. The number of hydrogen-bond acceptors (Lipinski definition) is 2. The van der Waals surface area contributed by atoms with Crippen molar-refractivity contribution in [3.8, 4) is 11.8 Å². The van der Waals surface area contributed by atoms with E-state index in [0.29, 0.717) is 18.1 Å². The summed E-state index contributed by atoms with van der Waals surface area (Å²) in [5, 5.41) is 9.93. The van der Waals surface area contributed by atoms with E-state index < -0.39 is 0 Å². The molecule has 0 spiro atoms. The van der Waals surface area contributed by atoms with Gasteiger partial charge >= 0.3 is 0 Å². The highest BCUT2D eigenvalue weighted by Gasteiger charge is 2.10. The first-order valence-electron chi connectivity index (χ1n) is 6.53. The quantitative estimate of drug-likeness (QED) is 0.796. The largest absolute Gasteiger partial charge is 0.494 e. The molecule has 3 heteroatoms. The van der Waals surface area contributed by atoms with Crippen molar-refractivity contribution in [1.29, 1.82) is 5.26 Å². The van der Waals surface area contributed by atoms with Gasteiger partial charge in [0.1, 0.15) is 5.75 Å². The van der Waals surface area contributed by atoms with E-state index in [-0.39, 0.29) is 5.92 Å². The monoisotopic (exact) mass is 285 g/mol. The lowest BCUT2D eigenvalue weighted by molar-refractivity contribution is 0.306. The Morgan fingerprint density at radius 1 is 1.10 bits per heavy atom. The van der Waals surface area contributed by atoms with Gasteiger partial charge in [-0.3, -0.25) is 0 Å². The maximum Gasteiger partial charge on any atom is 0.119 e. The molecule has 0 fully saturated rings. The molecule has 0 aliphatic carbocycles. The first kappa shape index (κ1) is 14.4. The van der Waals surface area contributed by atoms with Gasteiger partial charge in [0.2, 0.25) is 0 Å². The SMILES string of the molecule is Cc1ccc(OCCC(C#N)c2ccc(Cl)cc2)cc1. The van der Waals surface area contributed by atoms with Crippen LogP contribution in [0.25, 0.3) is 0 Å². The summed E-state index contributed by atoms with van der Waals surface area (Å²) in [7, 11) is 0. The maximum atomic E-state index is 9.24. The third kappa shape index (κ3) is 4.01. The number of benzene rings is 2. The fraction of sp³-hybridized carbons (Fsp3) is 0.235. The molecule has 0 radical (unpaired) electrons. The van der Waals surface area contributed by atoms with Gasteiger partial charge < -0.3 is 4.74 Å². The van der Waals surface area contributed by atoms with E-state index in [4.69, 9.17) is 16.3 Å². The molecule has 2 nitrogen and oxygen atoms in total. The predicted octanol–water partition coefficient (Wildman–Crippen LogP) is 4.72. The van der Waals surface area contributed by atoms with Crippen LogP contribution in [-0.2, 0) is 0 Å². The summed E-state index contributed by atoms with van der Waals surface area (Å²) >= 11 is 5.85. The van der Waals surface area contributed by atoms with Crippen LogP contribution in [0, 0.1) is 18.3 Å². The zero-order chi connectivity index (χ0) is 14.4. The molecule has 2 rings (SSSR count). The molecule has 20 heavy (non-hydrogen) atoms. The van der Waals surface area contributed by atoms with Crippen molar-refractivity contribution < 1.29 is 4.74 Å². The van der Waals surface area contributed by atoms with Crippen LogP contribution in [0.3, 0.4) is 0 Å². The van der Waals surface area contributed by atoms with Crippen LogP contribution in [0.5, 0.6) is 5.75 Å². The molecule has 0 heterocycles. The van der Waals surface area contributed by atoms with Crippen molar-refractivity contribution in [2.24, 2.45) is 0 Å². The van der Waals surface area contributed by atoms with E-state index >= 15 is 0 Å². The molecule has 0 N–H and O–H groups in total. The topological polar surface area (TPSA) is 33.0 Å². The fourth-order valence-electron chi connectivity index (χ4n) is 1.93. The number of nitrogens with zero attached hydrogens (tertiary/aromatic N) is 1. The van der Waals surface area contributed by atoms with Crippen LogP contribution in [0.4, 0.5) is 0 Å². The van der Waals surface area contributed by atoms with Crippen LogP contribution in [0.15, 0.2) is 48.5 Å². The van der Waals surface area contributed by atoms with E-state index in [2.05, 4.69) is 6.07 Å². The Hall–Kier alpha value is -1.98. The molecule has 0 aliphatic rings. The molecule has 102 valence electrons. The first-order valence-corrected chi connectivity index (χ1v) is 6.91. The molecular formula is C17H16ClNO. The van der Waals surface area contributed by atoms with Gasteiger partial charge in [-0.05, 0) is 36.8 Å². The Morgan fingerprint density at radius 2 is 1.75 bits per heavy atom. The summed E-state index contributed by atoms with van der Waals surface area (Å²) in [5.41, 5.74) is 2.18. The molecule has 0 bridgehead atoms. The normalized spacial score (nSPS) is 11.7. The Balaban J connectivity index is 1.90. The number of ether oxygens (including phenoxy) is 1. The molecule has 2 aromatic carbocycles. The van der Waals surface area contributed by atoms with E-state index in [0.717, 1.165) is 11.3 Å². The molecule has 0 aliphatic heterocycles. The van der Waals surface area contributed by atoms with Crippen molar-refractivity contribution >= 4 is 11.6 Å². The average Bonchev–Trinajstić information content (AvgIpc) is 2.47. The van der Waals surface area contributed by atoms with Gasteiger partial charge in [0, 0.05) is 11.4 Å². The zero-order valence-corrected chi connectivity index (χ0v) is 12.1. The highest BCUT2D eigenvalue weighted by Crippen LogP contribution is 2.21. The third-order valence-corrected chi connectivity index (χ3v) is 3.38. The molecule has 1 unspecified atom stereocenters. The van der Waals surface area contributed by atoms with Crippen LogP contribution in [0.1, 0.15) is 23.5 Å². The molecule has 0 amide bonds. The minimum absolute atomic E-state index is 0.169. The number of nitriles is 1. The van der Waals surface area contributed by atoms with Gasteiger partial charge in [-0.25, -0.2) is 0 Å². The van der Waals surface area contributed by atoms with Gasteiger partial charge in [0.05, 0.1) is 18.6 Å². The van der Waals surface area contributed by atoms with Crippen molar-refractivity contribution in [1.82, 2.24) is 0 Å². The van der Waals surface area contributed by atoms with Crippen LogP contribution < -0.4 is 4.74 Å². The van der Waals surface area contributed by atoms with Crippen LogP contribution in [0.2, 0.25) is 5.02 Å². The Labute approximate surface area is 124 Å². The molecular weight excluding hydrogens is 270 g/mol. The molecule has 0 saturated heterocycles. The predicted molar refractivity (Wildman–Crippen MR) is 81.1 cm³/mol. The molecule has 1 atom stereocenters. The van der Waals surface area contributed by atoms with E-state index in [9.17, 15) is 5.26 Å². The number of aryl methyl sites for hydroxylation is 1. The summed E-state index contributed by atoms with van der Waals surface area (Å²) in [6, 6.07) is 17.6. The average molecular weight is 286 g/mol. The zero-order valence-electron chi connectivity index (χ0n) is 11.3. The van der Waals surface area contributed by atoms with Crippen molar-refractivity contribution in [3.63, 3.8) is 0 Å². The van der Waals surface area contributed by atoms with Gasteiger partial charge in [0.15, 0.2) is 0 Å². The smallest absolute Gasteiger partial charge is 0.119 e. The van der Waals surface area contributed by atoms with Gasteiger partial charge in [-0.1, -0.05) is 41.4 Å². The lowest BCUT2D eigenvalue weighted by Crippen LogP contribution is -2.04. The summed E-state index contributed by atoms with van der Waals surface area (Å²) in [6.07, 6.45) is 0.659. The van der Waals surface area contributed by atoms with E-state index in [1.54, 1.807) is 0 Å². The van der Waals surface area contributed by atoms with Crippen molar-refractivity contribution in [2.75, 3.05) is 6.61 Å². The summed E-state index contributed by atoms with van der Waals surface area (Å²) in [4.78, 5) is 0. The summed E-state index contributed by atoms with van der Waals surface area (Å²) < 4.78 is 5.66. The van der Waals surface area contributed by atoms with Gasteiger partial charge in [-0.2, -0.15) is 5.26 Å². The van der Waals surface area contributed by atoms with E-state index in [1.165, 1.54) is 5.56 Å². The lowest BCUT2D eigenvalue weighted by atomic mass is 9.98.